The highest BCUT2D eigenvalue weighted by molar-refractivity contribution is 6.30. The fourth-order valence-electron chi connectivity index (χ4n) is 2.66. The van der Waals surface area contributed by atoms with E-state index in [-0.39, 0.29) is 13.2 Å². The molecule has 1 amide bonds. The van der Waals surface area contributed by atoms with E-state index in [1.807, 2.05) is 0 Å². The molecule has 1 N–H and O–H groups in total. The quantitative estimate of drug-likeness (QED) is 0.814. The van der Waals surface area contributed by atoms with Gasteiger partial charge in [-0.1, -0.05) is 29.8 Å². The molecule has 0 spiro atoms. The third-order valence-corrected chi connectivity index (χ3v) is 4.28. The summed E-state index contributed by atoms with van der Waals surface area (Å²) in [7, 11) is 0. The summed E-state index contributed by atoms with van der Waals surface area (Å²) in [5.41, 5.74) is 1.19. The Hall–Kier alpha value is -2.60. The number of hydrogen-bond acceptors (Lipinski definition) is 4. The first-order valence-corrected chi connectivity index (χ1v) is 8.48. The molecule has 0 aliphatic carbocycles. The van der Waals surface area contributed by atoms with Crippen LogP contribution >= 0.6 is 11.6 Å². The van der Waals surface area contributed by atoms with Crippen molar-refractivity contribution in [2.24, 2.45) is 5.92 Å². The molecule has 0 fully saturated rings. The zero-order chi connectivity index (χ0) is 18.5. The number of fused-ring (bicyclic) bond motifs is 1. The summed E-state index contributed by atoms with van der Waals surface area (Å²) in [6, 6.07) is 11.4. The molecule has 136 valence electrons. The van der Waals surface area contributed by atoms with Gasteiger partial charge in [-0.2, -0.15) is 0 Å². The van der Waals surface area contributed by atoms with Crippen LogP contribution in [-0.2, 0) is 27.3 Å². The normalized spacial score (nSPS) is 15.5. The summed E-state index contributed by atoms with van der Waals surface area (Å²) in [4.78, 5) is 23.9. The number of rotatable bonds is 5. The highest BCUT2D eigenvalue weighted by Gasteiger charge is 2.27. The number of nitrogens with one attached hydrogen (secondary N) is 1. The average Bonchev–Trinajstić information content (AvgIpc) is 2.64. The van der Waals surface area contributed by atoms with Crippen LogP contribution < -0.4 is 10.1 Å². The molecular weight excluding hydrogens is 361 g/mol. The first-order chi connectivity index (χ1) is 12.5. The zero-order valence-corrected chi connectivity index (χ0v) is 14.6. The fraction of sp³-hybridized carbons (Fsp3) is 0.263. The van der Waals surface area contributed by atoms with Gasteiger partial charge in [0.05, 0.1) is 5.92 Å². The monoisotopic (exact) mass is 377 g/mol. The fourth-order valence-corrected chi connectivity index (χ4v) is 2.85. The van der Waals surface area contributed by atoms with Gasteiger partial charge < -0.3 is 14.8 Å². The van der Waals surface area contributed by atoms with Crippen LogP contribution in [-0.4, -0.2) is 25.1 Å². The number of esters is 1. The van der Waals surface area contributed by atoms with Crippen LogP contribution in [0.25, 0.3) is 0 Å². The van der Waals surface area contributed by atoms with E-state index in [0.717, 1.165) is 5.56 Å². The summed E-state index contributed by atoms with van der Waals surface area (Å²) in [5.74, 6) is -1.22. The molecule has 3 rings (SSSR count). The molecular formula is C19H17ClFNO4. The highest BCUT2D eigenvalue weighted by Crippen LogP contribution is 2.30. The third-order valence-electron chi connectivity index (χ3n) is 4.04. The van der Waals surface area contributed by atoms with E-state index in [2.05, 4.69) is 5.32 Å². The molecule has 7 heteroatoms. The SMILES string of the molecule is O=C(COC(=O)[C@H]1COc2ccc(Cl)cc2C1)NCc1ccccc1F. The van der Waals surface area contributed by atoms with E-state index in [4.69, 9.17) is 21.1 Å². The molecule has 0 saturated heterocycles. The van der Waals surface area contributed by atoms with Crippen LogP contribution in [0.4, 0.5) is 4.39 Å². The summed E-state index contributed by atoms with van der Waals surface area (Å²) >= 11 is 5.95. The van der Waals surface area contributed by atoms with Crippen LogP contribution in [0.2, 0.25) is 5.02 Å². The standard InChI is InChI=1S/C19H17ClFNO4/c20-15-5-6-17-13(8-15)7-14(10-25-17)19(24)26-11-18(23)22-9-12-3-1-2-4-16(12)21/h1-6,8,14H,7,9-11H2,(H,22,23)/t14-/m1/s1. The minimum atomic E-state index is -0.517. The minimum absolute atomic E-state index is 0.0292. The Bertz CT molecular complexity index is 827. The Morgan fingerprint density at radius 2 is 2.08 bits per heavy atom. The molecule has 0 unspecified atom stereocenters. The van der Waals surface area contributed by atoms with Crippen molar-refractivity contribution < 1.29 is 23.5 Å². The van der Waals surface area contributed by atoms with Crippen molar-refractivity contribution in [3.8, 4) is 5.75 Å². The summed E-state index contributed by atoms with van der Waals surface area (Å²) in [6.07, 6.45) is 0.436. The topological polar surface area (TPSA) is 64.6 Å². The lowest BCUT2D eigenvalue weighted by atomic mass is 9.97. The summed E-state index contributed by atoms with van der Waals surface area (Å²) in [5, 5.41) is 3.08. The minimum Gasteiger partial charge on any atom is -0.492 e. The number of carbonyl (C=O) groups is 2. The van der Waals surface area contributed by atoms with E-state index >= 15 is 0 Å². The van der Waals surface area contributed by atoms with Crippen LogP contribution in [0.15, 0.2) is 42.5 Å². The number of carbonyl (C=O) groups excluding carboxylic acids is 2. The van der Waals surface area contributed by atoms with Gasteiger partial charge in [0.25, 0.3) is 5.91 Å². The second kappa shape index (κ2) is 8.19. The predicted molar refractivity (Wildman–Crippen MR) is 93.3 cm³/mol. The van der Waals surface area contributed by atoms with E-state index < -0.39 is 30.2 Å². The van der Waals surface area contributed by atoms with Crippen molar-refractivity contribution in [3.05, 3.63) is 64.4 Å². The highest BCUT2D eigenvalue weighted by atomic mass is 35.5. The van der Waals surface area contributed by atoms with E-state index in [1.54, 1.807) is 36.4 Å². The van der Waals surface area contributed by atoms with Gasteiger partial charge >= 0.3 is 5.97 Å². The van der Waals surface area contributed by atoms with E-state index in [0.29, 0.717) is 22.8 Å². The lowest BCUT2D eigenvalue weighted by molar-refractivity contribution is -0.153. The molecule has 0 aromatic heterocycles. The van der Waals surface area contributed by atoms with Crippen LogP contribution in [0.1, 0.15) is 11.1 Å². The van der Waals surface area contributed by atoms with Crippen LogP contribution in [0.5, 0.6) is 5.75 Å². The zero-order valence-electron chi connectivity index (χ0n) is 13.8. The third kappa shape index (κ3) is 4.52. The molecule has 1 aliphatic heterocycles. The lowest BCUT2D eigenvalue weighted by Gasteiger charge is -2.24. The summed E-state index contributed by atoms with van der Waals surface area (Å²) < 4.78 is 24.1. The molecule has 1 heterocycles. The van der Waals surface area contributed by atoms with Gasteiger partial charge in [-0.05, 0) is 36.2 Å². The maximum atomic E-state index is 13.5. The first kappa shape index (κ1) is 18.2. The number of ether oxygens (including phenoxy) is 2. The van der Waals surface area contributed by atoms with Crippen LogP contribution in [0.3, 0.4) is 0 Å². The first-order valence-electron chi connectivity index (χ1n) is 8.11. The van der Waals surface area contributed by atoms with Gasteiger partial charge in [0.15, 0.2) is 6.61 Å². The maximum absolute atomic E-state index is 13.5. The predicted octanol–water partition coefficient (Wildman–Crippen LogP) is 2.89. The second-order valence-corrected chi connectivity index (χ2v) is 6.38. The van der Waals surface area contributed by atoms with Gasteiger partial charge in [0.1, 0.15) is 18.2 Å². The molecule has 2 aromatic carbocycles. The van der Waals surface area contributed by atoms with Crippen molar-refractivity contribution in [1.29, 1.82) is 0 Å². The van der Waals surface area contributed by atoms with Crippen molar-refractivity contribution in [3.63, 3.8) is 0 Å². The molecule has 0 radical (unpaired) electrons. The number of benzene rings is 2. The van der Waals surface area contributed by atoms with Crippen molar-refractivity contribution in [1.82, 2.24) is 5.32 Å². The largest absolute Gasteiger partial charge is 0.492 e. The van der Waals surface area contributed by atoms with Crippen LogP contribution in [0, 0.1) is 11.7 Å². The van der Waals surface area contributed by atoms with Crippen molar-refractivity contribution >= 4 is 23.5 Å². The Labute approximate surface area is 155 Å². The smallest absolute Gasteiger partial charge is 0.313 e. The molecule has 0 saturated carbocycles. The molecule has 0 bridgehead atoms. The Balaban J connectivity index is 1.47. The van der Waals surface area contributed by atoms with Gasteiger partial charge in [-0.3, -0.25) is 9.59 Å². The van der Waals surface area contributed by atoms with Gasteiger partial charge in [-0.15, -0.1) is 0 Å². The molecule has 2 aromatic rings. The Morgan fingerprint density at radius 1 is 1.27 bits per heavy atom. The summed E-state index contributed by atoms with van der Waals surface area (Å²) in [6.45, 7) is -0.210. The lowest BCUT2D eigenvalue weighted by Crippen LogP contribution is -2.33. The van der Waals surface area contributed by atoms with Crippen molar-refractivity contribution in [2.75, 3.05) is 13.2 Å². The molecule has 26 heavy (non-hydrogen) atoms. The average molecular weight is 378 g/mol. The van der Waals surface area contributed by atoms with Gasteiger partial charge in [0, 0.05) is 17.1 Å². The molecule has 1 aliphatic rings. The van der Waals surface area contributed by atoms with Gasteiger partial charge in [-0.25, -0.2) is 4.39 Å². The molecule has 5 nitrogen and oxygen atoms in total. The number of halogens is 2. The van der Waals surface area contributed by atoms with Gasteiger partial charge in [0.2, 0.25) is 0 Å². The molecule has 1 atom stereocenters. The van der Waals surface area contributed by atoms with E-state index in [1.165, 1.54) is 6.07 Å². The second-order valence-electron chi connectivity index (χ2n) is 5.94. The maximum Gasteiger partial charge on any atom is 0.313 e. The Kier molecular flexibility index (Phi) is 5.73. The van der Waals surface area contributed by atoms with Crippen molar-refractivity contribution in [2.45, 2.75) is 13.0 Å². The van der Waals surface area contributed by atoms with E-state index in [9.17, 15) is 14.0 Å². The number of amides is 1. The Morgan fingerprint density at radius 3 is 2.88 bits per heavy atom. The number of hydrogen-bond donors (Lipinski definition) is 1.